The van der Waals surface area contributed by atoms with E-state index in [0.717, 1.165) is 28.4 Å². The smallest absolute Gasteiger partial charge is 0.242 e. The van der Waals surface area contributed by atoms with E-state index in [-0.39, 0.29) is 17.6 Å². The molecule has 1 atom stereocenters. The number of benzene rings is 2. The van der Waals surface area contributed by atoms with Crippen molar-refractivity contribution < 1.29 is 9.59 Å². The molecular formula is C23H28BrClN2O2S. The van der Waals surface area contributed by atoms with E-state index >= 15 is 0 Å². The molecule has 1 N–H and O–H groups in total. The molecule has 0 saturated carbocycles. The molecular weight excluding hydrogens is 484 g/mol. The Kier molecular flexibility index (Phi) is 10.8. The highest BCUT2D eigenvalue weighted by atomic mass is 79.9. The van der Waals surface area contributed by atoms with Crippen LogP contribution in [0, 0.1) is 0 Å². The van der Waals surface area contributed by atoms with Crippen LogP contribution in [0.25, 0.3) is 0 Å². The highest BCUT2D eigenvalue weighted by molar-refractivity contribution is 9.10. The van der Waals surface area contributed by atoms with E-state index in [0.29, 0.717) is 23.9 Å². The number of thioether (sulfide) groups is 1. The molecule has 0 bridgehead atoms. The average Bonchev–Trinajstić information content (AvgIpc) is 2.73. The normalized spacial score (nSPS) is 11.7. The van der Waals surface area contributed by atoms with Gasteiger partial charge >= 0.3 is 0 Å². The summed E-state index contributed by atoms with van der Waals surface area (Å²) < 4.78 is 0.945. The summed E-state index contributed by atoms with van der Waals surface area (Å²) in [4.78, 5) is 27.3. The molecule has 2 amide bonds. The number of rotatable bonds is 11. The monoisotopic (exact) mass is 510 g/mol. The van der Waals surface area contributed by atoms with Crippen molar-refractivity contribution in [3.63, 3.8) is 0 Å². The molecule has 7 heteroatoms. The lowest BCUT2D eigenvalue weighted by Crippen LogP contribution is -2.48. The minimum absolute atomic E-state index is 0.0647. The van der Waals surface area contributed by atoms with Gasteiger partial charge in [-0.05, 0) is 42.7 Å². The van der Waals surface area contributed by atoms with Crippen LogP contribution in [0.5, 0.6) is 0 Å². The number of amides is 2. The van der Waals surface area contributed by atoms with Gasteiger partial charge in [0.25, 0.3) is 0 Å². The van der Waals surface area contributed by atoms with Crippen LogP contribution in [0.1, 0.15) is 37.8 Å². The van der Waals surface area contributed by atoms with Crippen molar-refractivity contribution in [2.45, 2.75) is 45.0 Å². The van der Waals surface area contributed by atoms with Crippen LogP contribution in [0.3, 0.4) is 0 Å². The van der Waals surface area contributed by atoms with Gasteiger partial charge in [0.2, 0.25) is 11.8 Å². The fraction of sp³-hybridized carbons (Fsp3) is 0.391. The molecule has 30 heavy (non-hydrogen) atoms. The Hall–Kier alpha value is -1.50. The molecule has 0 aliphatic rings. The second-order valence-electron chi connectivity index (χ2n) is 7.06. The van der Waals surface area contributed by atoms with Gasteiger partial charge in [0, 0.05) is 28.3 Å². The third kappa shape index (κ3) is 7.97. The van der Waals surface area contributed by atoms with E-state index in [1.807, 2.05) is 48.5 Å². The maximum atomic E-state index is 13.1. The van der Waals surface area contributed by atoms with Crippen LogP contribution in [-0.2, 0) is 21.9 Å². The van der Waals surface area contributed by atoms with Crippen molar-refractivity contribution in [2.75, 3.05) is 12.3 Å². The summed E-state index contributed by atoms with van der Waals surface area (Å²) in [6.07, 6.45) is 1.93. The summed E-state index contributed by atoms with van der Waals surface area (Å²) in [5.41, 5.74) is 1.97. The molecule has 2 aromatic carbocycles. The zero-order valence-electron chi connectivity index (χ0n) is 17.4. The molecule has 0 unspecified atom stereocenters. The van der Waals surface area contributed by atoms with Crippen molar-refractivity contribution in [2.24, 2.45) is 0 Å². The Morgan fingerprint density at radius 3 is 2.67 bits per heavy atom. The van der Waals surface area contributed by atoms with Gasteiger partial charge in [-0.1, -0.05) is 71.2 Å². The number of unbranched alkanes of at least 4 members (excludes halogenated alkanes) is 1. The molecule has 4 nitrogen and oxygen atoms in total. The van der Waals surface area contributed by atoms with Crippen molar-refractivity contribution in [1.82, 2.24) is 10.2 Å². The Morgan fingerprint density at radius 1 is 1.20 bits per heavy atom. The number of carbonyl (C=O) groups is 2. The van der Waals surface area contributed by atoms with E-state index in [2.05, 4.69) is 28.2 Å². The predicted octanol–water partition coefficient (Wildman–Crippen LogP) is 5.67. The molecule has 162 valence electrons. The van der Waals surface area contributed by atoms with Gasteiger partial charge in [-0.15, -0.1) is 11.8 Å². The molecule has 0 spiro atoms. The molecule has 0 aliphatic heterocycles. The summed E-state index contributed by atoms with van der Waals surface area (Å²) in [7, 11) is 0. The summed E-state index contributed by atoms with van der Waals surface area (Å²) in [6, 6.07) is 14.9. The molecule has 0 saturated heterocycles. The van der Waals surface area contributed by atoms with Gasteiger partial charge in [-0.3, -0.25) is 9.59 Å². The van der Waals surface area contributed by atoms with E-state index in [1.54, 1.807) is 11.8 Å². The fourth-order valence-electron chi connectivity index (χ4n) is 2.90. The minimum Gasteiger partial charge on any atom is -0.354 e. The lowest BCUT2D eigenvalue weighted by atomic mass is 10.1. The Balaban J connectivity index is 2.05. The van der Waals surface area contributed by atoms with Crippen LogP contribution in [0.2, 0.25) is 5.02 Å². The summed E-state index contributed by atoms with van der Waals surface area (Å²) in [6.45, 7) is 4.87. The molecule has 0 aliphatic carbocycles. The Morgan fingerprint density at radius 2 is 1.97 bits per heavy atom. The first-order chi connectivity index (χ1) is 14.4. The number of halogens is 2. The lowest BCUT2D eigenvalue weighted by Gasteiger charge is -2.29. The number of nitrogens with zero attached hydrogens (tertiary/aromatic N) is 1. The zero-order chi connectivity index (χ0) is 21.9. The van der Waals surface area contributed by atoms with Crippen LogP contribution < -0.4 is 5.32 Å². The third-order valence-electron chi connectivity index (χ3n) is 4.68. The molecule has 2 rings (SSSR count). The second-order valence-corrected chi connectivity index (χ2v) is 9.36. The summed E-state index contributed by atoms with van der Waals surface area (Å²) >= 11 is 11.2. The van der Waals surface area contributed by atoms with Gasteiger partial charge in [-0.25, -0.2) is 0 Å². The van der Waals surface area contributed by atoms with Crippen LogP contribution >= 0.6 is 39.3 Å². The van der Waals surface area contributed by atoms with Gasteiger partial charge in [-0.2, -0.15) is 0 Å². The van der Waals surface area contributed by atoms with Gasteiger partial charge in [0.1, 0.15) is 6.04 Å². The average molecular weight is 512 g/mol. The predicted molar refractivity (Wildman–Crippen MR) is 130 cm³/mol. The number of hydrogen-bond donors (Lipinski definition) is 1. The van der Waals surface area contributed by atoms with E-state index in [4.69, 9.17) is 11.6 Å². The fourth-order valence-corrected chi connectivity index (χ4v) is 4.54. The first-order valence-corrected chi connectivity index (χ1v) is 12.4. The first-order valence-electron chi connectivity index (χ1n) is 10.0. The topological polar surface area (TPSA) is 49.4 Å². The van der Waals surface area contributed by atoms with Crippen molar-refractivity contribution in [1.29, 1.82) is 0 Å². The molecule has 0 fully saturated rings. The standard InChI is InChI=1S/C23H28BrClN2O2S/c1-3-4-12-26-23(29)17(2)27(14-18-8-7-10-20(24)13-18)22(28)16-30-15-19-9-5-6-11-21(19)25/h5-11,13,17H,3-4,12,14-16H2,1-2H3,(H,26,29)/t17-/m1/s1. The zero-order valence-corrected chi connectivity index (χ0v) is 20.5. The maximum Gasteiger partial charge on any atom is 0.242 e. The van der Waals surface area contributed by atoms with Crippen LogP contribution in [0.15, 0.2) is 53.0 Å². The number of carbonyl (C=O) groups excluding carboxylic acids is 2. The number of hydrogen-bond acceptors (Lipinski definition) is 3. The molecule has 0 radical (unpaired) electrons. The Labute approximate surface area is 196 Å². The summed E-state index contributed by atoms with van der Waals surface area (Å²) in [5, 5.41) is 3.64. The van der Waals surface area contributed by atoms with Crippen molar-refractivity contribution in [3.05, 3.63) is 69.2 Å². The van der Waals surface area contributed by atoms with Crippen molar-refractivity contribution in [3.8, 4) is 0 Å². The minimum atomic E-state index is -0.547. The quantitative estimate of drug-likeness (QED) is 0.396. The van der Waals surface area contributed by atoms with Gasteiger partial charge in [0.15, 0.2) is 0 Å². The largest absolute Gasteiger partial charge is 0.354 e. The maximum absolute atomic E-state index is 13.1. The van der Waals surface area contributed by atoms with E-state index < -0.39 is 6.04 Å². The Bertz CT molecular complexity index is 849. The molecule has 2 aromatic rings. The lowest BCUT2D eigenvalue weighted by molar-refractivity contribution is -0.138. The van der Waals surface area contributed by atoms with E-state index in [9.17, 15) is 9.59 Å². The molecule has 0 heterocycles. The SMILES string of the molecule is CCCCNC(=O)[C@@H](C)N(Cc1cccc(Br)c1)C(=O)CSCc1ccccc1Cl. The highest BCUT2D eigenvalue weighted by Crippen LogP contribution is 2.22. The van der Waals surface area contributed by atoms with Crippen molar-refractivity contribution >= 4 is 51.1 Å². The van der Waals surface area contributed by atoms with Gasteiger partial charge in [0.05, 0.1) is 5.75 Å². The van der Waals surface area contributed by atoms with Gasteiger partial charge < -0.3 is 10.2 Å². The first kappa shape index (κ1) is 24.8. The molecule has 0 aromatic heterocycles. The summed E-state index contributed by atoms with van der Waals surface area (Å²) in [5.74, 6) is 0.743. The number of nitrogens with one attached hydrogen (secondary N) is 1. The van der Waals surface area contributed by atoms with Crippen LogP contribution in [0.4, 0.5) is 0 Å². The van der Waals surface area contributed by atoms with Crippen LogP contribution in [-0.4, -0.2) is 35.1 Å². The highest BCUT2D eigenvalue weighted by Gasteiger charge is 2.26. The van der Waals surface area contributed by atoms with E-state index in [1.165, 1.54) is 11.8 Å². The third-order valence-corrected chi connectivity index (χ3v) is 6.51. The second kappa shape index (κ2) is 13.0.